The second kappa shape index (κ2) is 9.34. The molecular formula is C17H18N6O6S2. The normalized spacial score (nSPS) is 20.6. The Morgan fingerprint density at radius 1 is 1.48 bits per heavy atom. The Kier molecular flexibility index (Phi) is 6.80. The molecule has 3 rings (SSSR count). The lowest BCUT2D eigenvalue weighted by Gasteiger charge is -2.49. The summed E-state index contributed by atoms with van der Waals surface area (Å²) in [5.41, 5.74) is 5.65. The van der Waals surface area contributed by atoms with Crippen molar-refractivity contribution in [3.05, 3.63) is 29.4 Å². The third kappa shape index (κ3) is 4.64. The van der Waals surface area contributed by atoms with Gasteiger partial charge in [0.05, 0.1) is 0 Å². The van der Waals surface area contributed by atoms with E-state index in [1.165, 1.54) is 38.1 Å². The molecule has 12 nitrogen and oxygen atoms in total. The second-order valence-corrected chi connectivity index (χ2v) is 8.58. The van der Waals surface area contributed by atoms with Crippen molar-refractivity contribution in [1.29, 1.82) is 0 Å². The number of anilines is 1. The van der Waals surface area contributed by atoms with E-state index >= 15 is 0 Å². The molecule has 1 aromatic heterocycles. The zero-order valence-electron chi connectivity index (χ0n) is 16.4. The van der Waals surface area contributed by atoms with Gasteiger partial charge >= 0.3 is 5.97 Å². The SMILES string of the molecule is CON=C(C(=O)NC1C(=O)N2C(C(=O)O)=C(CSC(C)=O)CS[C@@H]12)c1nccc(N)n1. The number of oxime groups is 1. The maximum absolute atomic E-state index is 12.7. The first-order chi connectivity index (χ1) is 14.7. The van der Waals surface area contributed by atoms with E-state index in [1.54, 1.807) is 0 Å². The van der Waals surface area contributed by atoms with Crippen LogP contribution in [-0.2, 0) is 24.0 Å². The minimum absolute atomic E-state index is 0.0889. The van der Waals surface area contributed by atoms with Gasteiger partial charge in [0, 0.05) is 24.6 Å². The van der Waals surface area contributed by atoms with E-state index in [-0.39, 0.29) is 33.9 Å². The van der Waals surface area contributed by atoms with Crippen molar-refractivity contribution in [2.24, 2.45) is 5.16 Å². The predicted octanol–water partition coefficient (Wildman–Crippen LogP) is -0.572. The van der Waals surface area contributed by atoms with Crippen LogP contribution in [-0.4, -0.2) is 78.6 Å². The van der Waals surface area contributed by atoms with Crippen LogP contribution in [0, 0.1) is 0 Å². The molecule has 14 heteroatoms. The Morgan fingerprint density at radius 3 is 2.84 bits per heavy atom. The van der Waals surface area contributed by atoms with Crippen LogP contribution in [0.4, 0.5) is 5.82 Å². The molecule has 0 aliphatic carbocycles. The second-order valence-electron chi connectivity index (χ2n) is 6.33. The number of hydrogen-bond acceptors (Lipinski definition) is 11. The van der Waals surface area contributed by atoms with E-state index in [9.17, 15) is 24.3 Å². The van der Waals surface area contributed by atoms with E-state index in [4.69, 9.17) is 5.73 Å². The van der Waals surface area contributed by atoms with Crippen LogP contribution in [0.25, 0.3) is 0 Å². The van der Waals surface area contributed by atoms with Gasteiger partial charge in [-0.2, -0.15) is 0 Å². The van der Waals surface area contributed by atoms with E-state index in [1.807, 2.05) is 0 Å². The van der Waals surface area contributed by atoms with Gasteiger partial charge in [0.1, 0.15) is 30.0 Å². The molecule has 1 aromatic rings. The molecule has 2 atom stereocenters. The van der Waals surface area contributed by atoms with E-state index in [0.717, 1.165) is 16.7 Å². The molecule has 1 saturated heterocycles. The Morgan fingerprint density at radius 2 is 2.23 bits per heavy atom. The minimum Gasteiger partial charge on any atom is -0.477 e. The van der Waals surface area contributed by atoms with Gasteiger partial charge in [0.25, 0.3) is 11.8 Å². The first kappa shape index (κ1) is 22.6. The van der Waals surface area contributed by atoms with Gasteiger partial charge < -0.3 is 21.0 Å². The molecule has 0 saturated carbocycles. The summed E-state index contributed by atoms with van der Waals surface area (Å²) in [4.78, 5) is 62.1. The third-order valence-electron chi connectivity index (χ3n) is 4.27. The zero-order valence-corrected chi connectivity index (χ0v) is 18.0. The predicted molar refractivity (Wildman–Crippen MR) is 113 cm³/mol. The fourth-order valence-electron chi connectivity index (χ4n) is 2.95. The molecule has 0 aromatic carbocycles. The molecule has 1 fully saturated rings. The number of nitrogens with two attached hydrogens (primary N) is 1. The average molecular weight is 467 g/mol. The number of rotatable bonds is 7. The molecule has 4 N–H and O–H groups in total. The van der Waals surface area contributed by atoms with E-state index < -0.39 is 29.2 Å². The summed E-state index contributed by atoms with van der Waals surface area (Å²) in [6.07, 6.45) is 1.34. The molecule has 0 spiro atoms. The number of aromatic nitrogens is 2. The van der Waals surface area contributed by atoms with Gasteiger partial charge in [-0.05, 0) is 11.6 Å². The monoisotopic (exact) mass is 466 g/mol. The fraction of sp³-hybridized carbons (Fsp3) is 0.353. The number of fused-ring (bicyclic) bond motifs is 1. The molecule has 1 unspecified atom stereocenters. The third-order valence-corrected chi connectivity index (χ3v) is 6.51. The highest BCUT2D eigenvalue weighted by atomic mass is 32.2. The van der Waals surface area contributed by atoms with Crippen molar-refractivity contribution < 1.29 is 29.1 Å². The molecule has 0 bridgehead atoms. The molecular weight excluding hydrogens is 448 g/mol. The molecule has 2 aliphatic heterocycles. The number of aliphatic carboxylic acids is 1. The van der Waals surface area contributed by atoms with Crippen LogP contribution in [0.1, 0.15) is 12.7 Å². The van der Waals surface area contributed by atoms with E-state index in [0.29, 0.717) is 11.3 Å². The maximum Gasteiger partial charge on any atom is 0.352 e. The number of amides is 2. The van der Waals surface area contributed by atoms with Gasteiger partial charge in [0.2, 0.25) is 5.71 Å². The highest BCUT2D eigenvalue weighted by molar-refractivity contribution is 8.13. The summed E-state index contributed by atoms with van der Waals surface area (Å²) < 4.78 is 0. The number of thioether (sulfide) groups is 2. The number of carboxylic acid groups (broad SMARTS) is 1. The number of carboxylic acids is 1. The van der Waals surface area contributed by atoms with Gasteiger partial charge in [-0.1, -0.05) is 16.9 Å². The average Bonchev–Trinajstić information content (AvgIpc) is 2.73. The number of nitrogen functional groups attached to an aromatic ring is 1. The van der Waals surface area contributed by atoms with Crippen molar-refractivity contribution in [1.82, 2.24) is 20.2 Å². The number of nitrogens with one attached hydrogen (secondary N) is 1. The zero-order chi connectivity index (χ0) is 22.7. The Hall–Kier alpha value is -3.13. The summed E-state index contributed by atoms with van der Waals surface area (Å²) in [6.45, 7) is 1.38. The quantitative estimate of drug-likeness (QED) is 0.266. The standard InChI is InChI=1S/C17H18N6O6S2/c1-7(24)30-5-8-6-31-16-11(15(26)23(16)12(8)17(27)28)21-14(25)10(22-29-2)13-19-4-3-9(18)20-13/h3-4,11,16H,5-6H2,1-2H3,(H,21,25)(H,27,28)(H2,18,19,20)/t11?,16-/m0/s1. The lowest BCUT2D eigenvalue weighted by atomic mass is 10.0. The van der Waals surface area contributed by atoms with Crippen molar-refractivity contribution >= 4 is 58.0 Å². The summed E-state index contributed by atoms with van der Waals surface area (Å²) in [5, 5.41) is 15.0. The maximum atomic E-state index is 12.7. The van der Waals surface area contributed by atoms with Crippen LogP contribution in [0.2, 0.25) is 0 Å². The summed E-state index contributed by atoms with van der Waals surface area (Å²) in [6, 6.07) is 0.455. The van der Waals surface area contributed by atoms with Crippen molar-refractivity contribution in [3.8, 4) is 0 Å². The molecule has 0 radical (unpaired) electrons. The van der Waals surface area contributed by atoms with Crippen LogP contribution in [0.15, 0.2) is 28.7 Å². The van der Waals surface area contributed by atoms with Crippen molar-refractivity contribution in [2.45, 2.75) is 18.3 Å². The first-order valence-corrected chi connectivity index (χ1v) is 10.8. The summed E-state index contributed by atoms with van der Waals surface area (Å²) >= 11 is 2.27. The van der Waals surface area contributed by atoms with Gasteiger partial charge in [-0.25, -0.2) is 14.8 Å². The Bertz CT molecular complexity index is 1010. The van der Waals surface area contributed by atoms with Crippen LogP contribution in [0.3, 0.4) is 0 Å². The number of β-lactam (4-membered cyclic amide) rings is 1. The molecule has 31 heavy (non-hydrogen) atoms. The Balaban J connectivity index is 1.79. The fourth-order valence-corrected chi connectivity index (χ4v) is 5.05. The number of hydrogen-bond donors (Lipinski definition) is 3. The lowest BCUT2D eigenvalue weighted by Crippen LogP contribution is -2.71. The molecule has 2 amide bonds. The highest BCUT2D eigenvalue weighted by Gasteiger charge is 2.54. The highest BCUT2D eigenvalue weighted by Crippen LogP contribution is 2.41. The van der Waals surface area contributed by atoms with Gasteiger partial charge in [0.15, 0.2) is 10.9 Å². The summed E-state index contributed by atoms with van der Waals surface area (Å²) in [5.74, 6) is -2.12. The molecule has 164 valence electrons. The van der Waals surface area contributed by atoms with Gasteiger partial charge in [-0.3, -0.25) is 19.3 Å². The first-order valence-electron chi connectivity index (χ1n) is 8.78. The molecule has 3 heterocycles. The number of nitrogens with zero attached hydrogens (tertiary/aromatic N) is 4. The van der Waals surface area contributed by atoms with Crippen molar-refractivity contribution in [2.75, 3.05) is 24.3 Å². The van der Waals surface area contributed by atoms with Crippen LogP contribution in [0.5, 0.6) is 0 Å². The van der Waals surface area contributed by atoms with Crippen LogP contribution >= 0.6 is 23.5 Å². The van der Waals surface area contributed by atoms with Gasteiger partial charge in [-0.15, -0.1) is 11.8 Å². The molecule has 2 aliphatic rings. The largest absolute Gasteiger partial charge is 0.477 e. The Labute approximate surface area is 184 Å². The lowest BCUT2D eigenvalue weighted by molar-refractivity contribution is -0.150. The number of carbonyl (C=O) groups excluding carboxylic acids is 3. The van der Waals surface area contributed by atoms with E-state index in [2.05, 4.69) is 25.3 Å². The summed E-state index contributed by atoms with van der Waals surface area (Å²) in [7, 11) is 1.23. The minimum atomic E-state index is -1.27. The van der Waals surface area contributed by atoms with Crippen LogP contribution < -0.4 is 11.1 Å². The topological polar surface area (TPSA) is 177 Å². The smallest absolute Gasteiger partial charge is 0.352 e. The number of carbonyl (C=O) groups is 4. The van der Waals surface area contributed by atoms with Crippen molar-refractivity contribution in [3.63, 3.8) is 0 Å².